The van der Waals surface area contributed by atoms with Gasteiger partial charge in [-0.1, -0.05) is 0 Å². The number of carbonyl (C=O) groups excluding carboxylic acids is 1. The maximum atomic E-state index is 12.6. The quantitative estimate of drug-likeness (QED) is 0.886. The molecule has 0 radical (unpaired) electrons. The van der Waals surface area contributed by atoms with Gasteiger partial charge in [0.05, 0.1) is 0 Å². The maximum absolute atomic E-state index is 12.6. The van der Waals surface area contributed by atoms with Crippen LogP contribution in [0.15, 0.2) is 24.5 Å². The average molecular weight is 247 g/mol. The zero-order chi connectivity index (χ0) is 13.0. The van der Waals surface area contributed by atoms with Crippen molar-refractivity contribution in [1.82, 2.24) is 10.3 Å². The van der Waals surface area contributed by atoms with Crippen molar-refractivity contribution in [2.45, 2.75) is 32.7 Å². The first-order chi connectivity index (χ1) is 8.72. The van der Waals surface area contributed by atoms with Crippen LogP contribution < -0.4 is 10.2 Å². The molecule has 1 N–H and O–H groups in total. The number of aromatic nitrogens is 1. The monoisotopic (exact) mass is 247 g/mol. The molecule has 2 heterocycles. The Morgan fingerprint density at radius 3 is 2.83 bits per heavy atom. The second kappa shape index (κ2) is 5.96. The van der Waals surface area contributed by atoms with Crippen molar-refractivity contribution in [3.63, 3.8) is 0 Å². The minimum Gasteiger partial charge on any atom is -0.314 e. The number of piperidine rings is 1. The summed E-state index contributed by atoms with van der Waals surface area (Å²) in [6.45, 7) is 5.80. The van der Waals surface area contributed by atoms with Crippen LogP contribution >= 0.6 is 0 Å². The third-order valence-electron chi connectivity index (χ3n) is 3.53. The zero-order valence-corrected chi connectivity index (χ0v) is 11.1. The second-order valence-electron chi connectivity index (χ2n) is 4.86. The van der Waals surface area contributed by atoms with Gasteiger partial charge in [-0.3, -0.25) is 9.78 Å². The van der Waals surface area contributed by atoms with Gasteiger partial charge in [-0.2, -0.15) is 0 Å². The SMILES string of the molecule is CCN(C(=O)C1CCNC(C)C1)c1ccncc1. The molecule has 0 aromatic carbocycles. The Bertz CT molecular complexity index is 393. The van der Waals surface area contributed by atoms with E-state index in [2.05, 4.69) is 17.2 Å². The molecule has 18 heavy (non-hydrogen) atoms. The summed E-state index contributed by atoms with van der Waals surface area (Å²) in [4.78, 5) is 18.4. The van der Waals surface area contributed by atoms with Crippen LogP contribution in [0.5, 0.6) is 0 Å². The molecule has 2 rings (SSSR count). The lowest BCUT2D eigenvalue weighted by molar-refractivity contribution is -0.123. The van der Waals surface area contributed by atoms with Gasteiger partial charge >= 0.3 is 0 Å². The molecule has 0 aliphatic carbocycles. The summed E-state index contributed by atoms with van der Waals surface area (Å²) in [5, 5.41) is 3.38. The average Bonchev–Trinajstić information content (AvgIpc) is 2.41. The lowest BCUT2D eigenvalue weighted by Gasteiger charge is -2.31. The second-order valence-corrected chi connectivity index (χ2v) is 4.86. The van der Waals surface area contributed by atoms with E-state index in [0.29, 0.717) is 12.6 Å². The number of hydrogen-bond acceptors (Lipinski definition) is 3. The summed E-state index contributed by atoms with van der Waals surface area (Å²) in [5.41, 5.74) is 0.948. The molecular weight excluding hydrogens is 226 g/mol. The van der Waals surface area contributed by atoms with Crippen LogP contribution in [-0.2, 0) is 4.79 Å². The van der Waals surface area contributed by atoms with Gasteiger partial charge in [0.15, 0.2) is 0 Å². The topological polar surface area (TPSA) is 45.2 Å². The van der Waals surface area contributed by atoms with Crippen LogP contribution in [-0.4, -0.2) is 30.0 Å². The Hall–Kier alpha value is -1.42. The minimum atomic E-state index is 0.148. The van der Waals surface area contributed by atoms with Gasteiger partial charge in [0.25, 0.3) is 0 Å². The smallest absolute Gasteiger partial charge is 0.230 e. The first-order valence-corrected chi connectivity index (χ1v) is 6.67. The first-order valence-electron chi connectivity index (χ1n) is 6.67. The summed E-state index contributed by atoms with van der Waals surface area (Å²) in [6, 6.07) is 4.22. The largest absolute Gasteiger partial charge is 0.314 e. The van der Waals surface area contributed by atoms with Gasteiger partial charge in [-0.25, -0.2) is 0 Å². The number of hydrogen-bond donors (Lipinski definition) is 1. The number of pyridine rings is 1. The summed E-state index contributed by atoms with van der Waals surface area (Å²) in [7, 11) is 0. The normalized spacial score (nSPS) is 23.7. The lowest BCUT2D eigenvalue weighted by atomic mass is 9.92. The molecule has 0 saturated carbocycles. The molecule has 0 spiro atoms. The molecule has 1 amide bonds. The molecule has 1 aromatic rings. The van der Waals surface area contributed by atoms with Crippen LogP contribution in [0.4, 0.5) is 5.69 Å². The van der Waals surface area contributed by atoms with Gasteiger partial charge in [0.2, 0.25) is 5.91 Å². The molecule has 0 bridgehead atoms. The number of carbonyl (C=O) groups is 1. The minimum absolute atomic E-state index is 0.148. The van der Waals surface area contributed by atoms with Gasteiger partial charge in [-0.05, 0) is 45.4 Å². The highest BCUT2D eigenvalue weighted by atomic mass is 16.2. The highest BCUT2D eigenvalue weighted by molar-refractivity contribution is 5.95. The van der Waals surface area contributed by atoms with E-state index in [1.54, 1.807) is 12.4 Å². The molecule has 4 heteroatoms. The van der Waals surface area contributed by atoms with Crippen molar-refractivity contribution in [3.05, 3.63) is 24.5 Å². The van der Waals surface area contributed by atoms with E-state index in [1.807, 2.05) is 24.0 Å². The third-order valence-corrected chi connectivity index (χ3v) is 3.53. The molecule has 1 aliphatic rings. The van der Waals surface area contributed by atoms with Gasteiger partial charge in [0, 0.05) is 36.6 Å². The van der Waals surface area contributed by atoms with Crippen LogP contribution in [0.25, 0.3) is 0 Å². The Kier molecular flexibility index (Phi) is 4.31. The standard InChI is InChI=1S/C14H21N3O/c1-3-17(13-5-7-15-8-6-13)14(18)12-4-9-16-11(2)10-12/h5-8,11-12,16H,3-4,9-10H2,1-2H3. The Balaban J connectivity index is 2.10. The Labute approximate surface area is 108 Å². The van der Waals surface area contributed by atoms with Gasteiger partial charge in [-0.15, -0.1) is 0 Å². The van der Waals surface area contributed by atoms with E-state index in [1.165, 1.54) is 0 Å². The van der Waals surface area contributed by atoms with E-state index in [0.717, 1.165) is 25.1 Å². The highest BCUT2D eigenvalue weighted by Crippen LogP contribution is 2.22. The summed E-state index contributed by atoms with van der Waals surface area (Å²) in [5.74, 6) is 0.395. The van der Waals surface area contributed by atoms with Crippen LogP contribution in [0.3, 0.4) is 0 Å². The first kappa shape index (κ1) is 13.0. The number of anilines is 1. The fourth-order valence-corrected chi connectivity index (χ4v) is 2.57. The maximum Gasteiger partial charge on any atom is 0.230 e. The summed E-state index contributed by atoms with van der Waals surface area (Å²) < 4.78 is 0. The number of nitrogens with zero attached hydrogens (tertiary/aromatic N) is 2. The summed E-state index contributed by atoms with van der Waals surface area (Å²) in [6.07, 6.45) is 5.33. The molecule has 4 nitrogen and oxygen atoms in total. The molecule has 2 atom stereocenters. The number of amides is 1. The fourth-order valence-electron chi connectivity index (χ4n) is 2.57. The third kappa shape index (κ3) is 2.88. The molecule has 1 aromatic heterocycles. The van der Waals surface area contributed by atoms with Crippen molar-refractivity contribution in [1.29, 1.82) is 0 Å². The molecular formula is C14H21N3O. The number of nitrogens with one attached hydrogen (secondary N) is 1. The van der Waals surface area contributed by atoms with Crippen molar-refractivity contribution >= 4 is 11.6 Å². The Morgan fingerprint density at radius 1 is 1.50 bits per heavy atom. The summed E-state index contributed by atoms with van der Waals surface area (Å²) >= 11 is 0. The van der Waals surface area contributed by atoms with Gasteiger partial charge < -0.3 is 10.2 Å². The molecule has 1 aliphatic heterocycles. The van der Waals surface area contributed by atoms with Crippen molar-refractivity contribution in [3.8, 4) is 0 Å². The Morgan fingerprint density at radius 2 is 2.22 bits per heavy atom. The molecule has 98 valence electrons. The van der Waals surface area contributed by atoms with Crippen molar-refractivity contribution in [2.75, 3.05) is 18.0 Å². The van der Waals surface area contributed by atoms with E-state index >= 15 is 0 Å². The van der Waals surface area contributed by atoms with E-state index in [4.69, 9.17) is 0 Å². The molecule has 2 unspecified atom stereocenters. The predicted octanol–water partition coefficient (Wildman–Crippen LogP) is 1.82. The molecule has 1 saturated heterocycles. The molecule has 1 fully saturated rings. The van der Waals surface area contributed by atoms with Crippen molar-refractivity contribution < 1.29 is 4.79 Å². The fraction of sp³-hybridized carbons (Fsp3) is 0.571. The van der Waals surface area contributed by atoms with Crippen LogP contribution in [0.2, 0.25) is 0 Å². The van der Waals surface area contributed by atoms with Crippen LogP contribution in [0.1, 0.15) is 26.7 Å². The van der Waals surface area contributed by atoms with E-state index < -0.39 is 0 Å². The van der Waals surface area contributed by atoms with E-state index in [-0.39, 0.29) is 11.8 Å². The van der Waals surface area contributed by atoms with Gasteiger partial charge in [0.1, 0.15) is 0 Å². The lowest BCUT2D eigenvalue weighted by Crippen LogP contribution is -2.44. The number of rotatable bonds is 3. The zero-order valence-electron chi connectivity index (χ0n) is 11.1. The van der Waals surface area contributed by atoms with Crippen molar-refractivity contribution in [2.24, 2.45) is 5.92 Å². The predicted molar refractivity (Wildman–Crippen MR) is 72.5 cm³/mol. The van der Waals surface area contributed by atoms with Crippen LogP contribution in [0, 0.1) is 5.92 Å². The van der Waals surface area contributed by atoms with E-state index in [9.17, 15) is 4.79 Å². The highest BCUT2D eigenvalue weighted by Gasteiger charge is 2.28.